The summed E-state index contributed by atoms with van der Waals surface area (Å²) in [6.07, 6.45) is 2.50. The average Bonchev–Trinajstić information content (AvgIpc) is 3.46. The first-order valence-corrected chi connectivity index (χ1v) is 10.9. The number of aromatic nitrogens is 2. The minimum atomic E-state index is -0.104. The Morgan fingerprint density at radius 3 is 2.52 bits per heavy atom. The molecule has 1 saturated heterocycles. The van der Waals surface area contributed by atoms with Crippen molar-refractivity contribution in [1.82, 2.24) is 20.0 Å². The van der Waals surface area contributed by atoms with Crippen LogP contribution in [0.5, 0.6) is 5.75 Å². The molecule has 0 radical (unpaired) electrons. The number of methoxy groups -OCH3 is 1. The summed E-state index contributed by atoms with van der Waals surface area (Å²) in [7, 11) is 1.65. The molecule has 1 aliphatic rings. The van der Waals surface area contributed by atoms with E-state index in [4.69, 9.17) is 9.84 Å². The van der Waals surface area contributed by atoms with Crippen LogP contribution in [0.1, 0.15) is 34.5 Å². The number of rotatable bonds is 7. The lowest BCUT2D eigenvalue weighted by Crippen LogP contribution is -2.34. The van der Waals surface area contributed by atoms with Crippen molar-refractivity contribution in [2.45, 2.75) is 26.7 Å². The number of carbonyl (C=O) groups excluding carboxylic acids is 1. The minimum absolute atomic E-state index is 0.104. The van der Waals surface area contributed by atoms with E-state index in [1.165, 1.54) is 12.8 Å². The van der Waals surface area contributed by atoms with Gasteiger partial charge in [0.05, 0.1) is 18.5 Å². The molecule has 1 fully saturated rings. The normalized spacial score (nSPS) is 14.0. The molecule has 3 aromatic rings. The quantitative estimate of drug-likeness (QED) is 0.630. The number of nitrogens with zero attached hydrogens (tertiary/aromatic N) is 3. The molecule has 0 bridgehead atoms. The molecule has 162 valence electrons. The van der Waals surface area contributed by atoms with E-state index in [9.17, 15) is 4.79 Å². The molecule has 4 rings (SSSR count). The van der Waals surface area contributed by atoms with E-state index >= 15 is 0 Å². The van der Waals surface area contributed by atoms with Gasteiger partial charge in [0.25, 0.3) is 5.91 Å². The van der Waals surface area contributed by atoms with Gasteiger partial charge in [-0.1, -0.05) is 12.1 Å². The molecule has 6 heteroatoms. The molecule has 31 heavy (non-hydrogen) atoms. The molecule has 1 aliphatic heterocycles. The zero-order valence-corrected chi connectivity index (χ0v) is 18.5. The van der Waals surface area contributed by atoms with E-state index < -0.39 is 0 Å². The van der Waals surface area contributed by atoms with Gasteiger partial charge in [-0.3, -0.25) is 4.79 Å². The van der Waals surface area contributed by atoms with E-state index in [0.29, 0.717) is 12.2 Å². The third-order valence-electron chi connectivity index (χ3n) is 5.83. The third kappa shape index (κ3) is 4.80. The smallest absolute Gasteiger partial charge is 0.270 e. The second-order valence-corrected chi connectivity index (χ2v) is 8.15. The van der Waals surface area contributed by atoms with Gasteiger partial charge in [0.1, 0.15) is 11.4 Å². The van der Waals surface area contributed by atoms with Crippen LogP contribution in [0.4, 0.5) is 0 Å². The lowest BCUT2D eigenvalue weighted by Gasteiger charge is -2.15. The summed E-state index contributed by atoms with van der Waals surface area (Å²) in [5.41, 5.74) is 5.36. The molecule has 1 amide bonds. The summed E-state index contributed by atoms with van der Waals surface area (Å²) in [4.78, 5) is 15.5. The predicted molar refractivity (Wildman–Crippen MR) is 123 cm³/mol. The first kappa shape index (κ1) is 21.1. The van der Waals surface area contributed by atoms with E-state index in [1.807, 2.05) is 44.2 Å². The maximum absolute atomic E-state index is 13.1. The van der Waals surface area contributed by atoms with Crippen LogP contribution in [0.2, 0.25) is 0 Å². The lowest BCUT2D eigenvalue weighted by molar-refractivity contribution is 0.0942. The number of likely N-dealkylation sites (tertiary alicyclic amines) is 1. The summed E-state index contributed by atoms with van der Waals surface area (Å²) < 4.78 is 7.03. The van der Waals surface area contributed by atoms with Crippen LogP contribution < -0.4 is 10.1 Å². The zero-order chi connectivity index (χ0) is 21.8. The van der Waals surface area contributed by atoms with Crippen LogP contribution in [0.15, 0.2) is 48.5 Å². The summed E-state index contributed by atoms with van der Waals surface area (Å²) in [5.74, 6) is 0.685. The van der Waals surface area contributed by atoms with E-state index in [0.717, 1.165) is 53.5 Å². The van der Waals surface area contributed by atoms with Gasteiger partial charge in [0, 0.05) is 18.7 Å². The highest BCUT2D eigenvalue weighted by Gasteiger charge is 2.19. The SMILES string of the molecule is COc1ccc(-c2cc(C(=O)NCCN3CCCC3)n(-c3cc(C)ccc3C)n2)cc1. The Labute approximate surface area is 183 Å². The first-order valence-electron chi connectivity index (χ1n) is 10.9. The van der Waals surface area contributed by atoms with Crippen molar-refractivity contribution in [2.75, 3.05) is 33.3 Å². The highest BCUT2D eigenvalue weighted by Crippen LogP contribution is 2.25. The maximum Gasteiger partial charge on any atom is 0.270 e. The highest BCUT2D eigenvalue weighted by molar-refractivity contribution is 5.94. The standard InChI is InChI=1S/C25H30N4O2/c1-18-6-7-19(2)23(16-18)29-24(25(30)26-12-15-28-13-4-5-14-28)17-22(27-29)20-8-10-21(31-3)11-9-20/h6-11,16-17H,4-5,12-15H2,1-3H3,(H,26,30). The summed E-state index contributed by atoms with van der Waals surface area (Å²) in [6, 6.07) is 15.8. The number of benzene rings is 2. The monoisotopic (exact) mass is 418 g/mol. The van der Waals surface area contributed by atoms with Crippen molar-refractivity contribution in [1.29, 1.82) is 0 Å². The maximum atomic E-state index is 13.1. The number of ether oxygens (including phenoxy) is 1. The molecule has 1 aromatic heterocycles. The minimum Gasteiger partial charge on any atom is -0.497 e. The summed E-state index contributed by atoms with van der Waals surface area (Å²) in [5, 5.41) is 7.91. The van der Waals surface area contributed by atoms with Gasteiger partial charge < -0.3 is 15.0 Å². The van der Waals surface area contributed by atoms with Gasteiger partial charge in [-0.2, -0.15) is 5.10 Å². The van der Waals surface area contributed by atoms with Crippen LogP contribution in [0, 0.1) is 13.8 Å². The Morgan fingerprint density at radius 1 is 1.06 bits per heavy atom. The van der Waals surface area contributed by atoms with Crippen molar-refractivity contribution in [2.24, 2.45) is 0 Å². The third-order valence-corrected chi connectivity index (χ3v) is 5.83. The van der Waals surface area contributed by atoms with Crippen LogP contribution in [0.25, 0.3) is 16.9 Å². The summed E-state index contributed by atoms with van der Waals surface area (Å²) >= 11 is 0. The number of amides is 1. The molecule has 0 unspecified atom stereocenters. The van der Waals surface area contributed by atoms with Gasteiger partial charge >= 0.3 is 0 Å². The molecule has 2 heterocycles. The van der Waals surface area contributed by atoms with Crippen molar-refractivity contribution in [3.05, 3.63) is 65.4 Å². The largest absolute Gasteiger partial charge is 0.497 e. The van der Waals surface area contributed by atoms with Crippen LogP contribution in [-0.2, 0) is 0 Å². The number of hydrogen-bond donors (Lipinski definition) is 1. The Bertz CT molecular complexity index is 1050. The molecule has 0 atom stereocenters. The lowest BCUT2D eigenvalue weighted by atomic mass is 10.1. The van der Waals surface area contributed by atoms with Gasteiger partial charge in [0.15, 0.2) is 0 Å². The second-order valence-electron chi connectivity index (χ2n) is 8.15. The molecule has 1 N–H and O–H groups in total. The number of hydrogen-bond acceptors (Lipinski definition) is 4. The Kier molecular flexibility index (Phi) is 6.37. The van der Waals surface area contributed by atoms with E-state index in [1.54, 1.807) is 11.8 Å². The van der Waals surface area contributed by atoms with Crippen molar-refractivity contribution >= 4 is 5.91 Å². The molecule has 0 spiro atoms. The van der Waals surface area contributed by atoms with Crippen LogP contribution in [0.3, 0.4) is 0 Å². The zero-order valence-electron chi connectivity index (χ0n) is 18.5. The average molecular weight is 419 g/mol. The predicted octanol–water partition coefficient (Wildman–Crippen LogP) is 3.99. The Hall–Kier alpha value is -3.12. The fourth-order valence-corrected chi connectivity index (χ4v) is 4.00. The van der Waals surface area contributed by atoms with Gasteiger partial charge in [-0.25, -0.2) is 4.68 Å². The Balaban J connectivity index is 1.64. The topological polar surface area (TPSA) is 59.4 Å². The van der Waals surface area contributed by atoms with Crippen LogP contribution in [-0.4, -0.2) is 53.9 Å². The van der Waals surface area contributed by atoms with Gasteiger partial charge in [-0.15, -0.1) is 0 Å². The first-order chi connectivity index (χ1) is 15.0. The molecule has 6 nitrogen and oxygen atoms in total. The second kappa shape index (κ2) is 9.35. The number of aryl methyl sites for hydroxylation is 2. The van der Waals surface area contributed by atoms with Crippen LogP contribution >= 0.6 is 0 Å². The van der Waals surface area contributed by atoms with Crippen molar-refractivity contribution < 1.29 is 9.53 Å². The van der Waals surface area contributed by atoms with Gasteiger partial charge in [-0.05, 0) is 87.3 Å². The summed E-state index contributed by atoms with van der Waals surface area (Å²) in [6.45, 7) is 7.85. The molecule has 0 saturated carbocycles. The van der Waals surface area contributed by atoms with Gasteiger partial charge in [0.2, 0.25) is 0 Å². The van der Waals surface area contributed by atoms with E-state index in [2.05, 4.69) is 28.4 Å². The number of carbonyl (C=O) groups is 1. The van der Waals surface area contributed by atoms with Crippen molar-refractivity contribution in [3.8, 4) is 22.7 Å². The fraction of sp³-hybridized carbons (Fsp3) is 0.360. The van der Waals surface area contributed by atoms with Crippen molar-refractivity contribution in [3.63, 3.8) is 0 Å². The molecule has 2 aromatic carbocycles. The number of nitrogens with one attached hydrogen (secondary N) is 1. The highest BCUT2D eigenvalue weighted by atomic mass is 16.5. The van der Waals surface area contributed by atoms with E-state index in [-0.39, 0.29) is 5.91 Å². The Morgan fingerprint density at radius 2 is 1.81 bits per heavy atom. The molecule has 0 aliphatic carbocycles. The molecular weight excluding hydrogens is 388 g/mol. The fourth-order valence-electron chi connectivity index (χ4n) is 4.00. The molecular formula is C25H30N4O2.